The van der Waals surface area contributed by atoms with Gasteiger partial charge < -0.3 is 20.6 Å². The number of aliphatic imine (C=N–C) groups is 1. The predicted molar refractivity (Wildman–Crippen MR) is 99.0 cm³/mol. The van der Waals surface area contributed by atoms with E-state index in [1.807, 2.05) is 13.8 Å². The van der Waals surface area contributed by atoms with Crippen LogP contribution in [0, 0.1) is 0 Å². The lowest BCUT2D eigenvalue weighted by molar-refractivity contribution is 0.0417. The van der Waals surface area contributed by atoms with Crippen molar-refractivity contribution in [3.8, 4) is 0 Å². The first-order valence-corrected chi connectivity index (χ1v) is 9.56. The first kappa shape index (κ1) is 20.2. The van der Waals surface area contributed by atoms with E-state index in [0.717, 1.165) is 25.3 Å². The summed E-state index contributed by atoms with van der Waals surface area (Å²) in [4.78, 5) is 7.19. The van der Waals surface area contributed by atoms with Crippen LogP contribution in [0.1, 0.15) is 66.2 Å². The maximum atomic E-state index is 10.4. The van der Waals surface area contributed by atoms with E-state index in [4.69, 9.17) is 0 Å². The van der Waals surface area contributed by atoms with Gasteiger partial charge >= 0.3 is 0 Å². The molecule has 0 aromatic rings. The molecule has 1 fully saturated rings. The minimum atomic E-state index is -0.675. The summed E-state index contributed by atoms with van der Waals surface area (Å²) in [5, 5.41) is 17.3. The van der Waals surface area contributed by atoms with E-state index in [1.165, 1.54) is 45.3 Å². The van der Waals surface area contributed by atoms with E-state index in [0.29, 0.717) is 12.6 Å². The molecular weight excluding hydrogens is 288 g/mol. The maximum absolute atomic E-state index is 10.4. The van der Waals surface area contributed by atoms with Crippen molar-refractivity contribution in [2.45, 2.75) is 77.9 Å². The third-order valence-corrected chi connectivity index (χ3v) is 4.95. The number of guanidine groups is 1. The predicted octanol–water partition coefficient (Wildman–Crippen LogP) is 2.36. The summed E-state index contributed by atoms with van der Waals surface area (Å²) in [5.41, 5.74) is -0.675. The van der Waals surface area contributed by atoms with Crippen LogP contribution >= 0.6 is 0 Å². The highest BCUT2D eigenvalue weighted by atomic mass is 16.3. The summed E-state index contributed by atoms with van der Waals surface area (Å²) < 4.78 is 0. The molecule has 23 heavy (non-hydrogen) atoms. The van der Waals surface area contributed by atoms with Crippen molar-refractivity contribution in [1.82, 2.24) is 15.5 Å². The Hall–Kier alpha value is -0.810. The zero-order chi connectivity index (χ0) is 17.1. The molecule has 0 amide bonds. The Morgan fingerprint density at radius 2 is 1.83 bits per heavy atom. The molecule has 0 aliphatic carbocycles. The molecule has 0 unspecified atom stereocenters. The number of unbranched alkanes of at least 4 members (excludes halogenated alkanes) is 1. The largest absolute Gasteiger partial charge is 0.388 e. The first-order chi connectivity index (χ1) is 11.1. The zero-order valence-electron chi connectivity index (χ0n) is 15.7. The highest BCUT2D eigenvalue weighted by Crippen LogP contribution is 2.15. The Labute approximate surface area is 142 Å². The third kappa shape index (κ3) is 7.53. The Bertz CT molecular complexity index is 334. The second-order valence-electron chi connectivity index (χ2n) is 6.74. The Balaban J connectivity index is 2.47. The SMILES string of the molecule is CCCCN1CCC(NC(=NCC(O)(CC)CC)NCC)CC1. The number of hydrogen-bond donors (Lipinski definition) is 3. The lowest BCUT2D eigenvalue weighted by Gasteiger charge is -2.33. The first-order valence-electron chi connectivity index (χ1n) is 9.56. The Morgan fingerprint density at radius 3 is 2.35 bits per heavy atom. The van der Waals surface area contributed by atoms with E-state index in [9.17, 15) is 5.11 Å². The van der Waals surface area contributed by atoms with Gasteiger partial charge in [-0.05, 0) is 45.6 Å². The summed E-state index contributed by atoms with van der Waals surface area (Å²) in [6.45, 7) is 13.3. The van der Waals surface area contributed by atoms with Crippen LogP contribution in [0.4, 0.5) is 0 Å². The van der Waals surface area contributed by atoms with Crippen LogP contribution < -0.4 is 10.6 Å². The molecule has 0 saturated carbocycles. The fraction of sp³-hybridized carbons (Fsp3) is 0.944. The minimum Gasteiger partial charge on any atom is -0.388 e. The zero-order valence-corrected chi connectivity index (χ0v) is 15.7. The van der Waals surface area contributed by atoms with Crippen LogP contribution in [0.25, 0.3) is 0 Å². The van der Waals surface area contributed by atoms with Gasteiger partial charge in [-0.3, -0.25) is 4.99 Å². The molecule has 3 N–H and O–H groups in total. The summed E-state index contributed by atoms with van der Waals surface area (Å²) >= 11 is 0. The molecule has 1 aliphatic heterocycles. The summed E-state index contributed by atoms with van der Waals surface area (Å²) in [5.74, 6) is 0.847. The van der Waals surface area contributed by atoms with Gasteiger partial charge in [0.05, 0.1) is 12.1 Å². The molecule has 1 saturated heterocycles. The average molecular weight is 327 g/mol. The molecule has 1 heterocycles. The van der Waals surface area contributed by atoms with Crippen molar-refractivity contribution in [2.24, 2.45) is 4.99 Å². The monoisotopic (exact) mass is 326 g/mol. The van der Waals surface area contributed by atoms with Gasteiger partial charge in [0, 0.05) is 25.7 Å². The van der Waals surface area contributed by atoms with E-state index < -0.39 is 5.60 Å². The van der Waals surface area contributed by atoms with Crippen molar-refractivity contribution in [3.63, 3.8) is 0 Å². The van der Waals surface area contributed by atoms with Gasteiger partial charge in [-0.25, -0.2) is 0 Å². The van der Waals surface area contributed by atoms with Crippen molar-refractivity contribution in [3.05, 3.63) is 0 Å². The summed E-state index contributed by atoms with van der Waals surface area (Å²) in [7, 11) is 0. The molecule has 0 aromatic heterocycles. The van der Waals surface area contributed by atoms with Crippen molar-refractivity contribution in [1.29, 1.82) is 0 Å². The quantitative estimate of drug-likeness (QED) is 0.450. The summed E-state index contributed by atoms with van der Waals surface area (Å²) in [6.07, 6.45) is 6.38. The van der Waals surface area contributed by atoms with Gasteiger partial charge in [0.2, 0.25) is 0 Å². The van der Waals surface area contributed by atoms with Crippen molar-refractivity contribution in [2.75, 3.05) is 32.7 Å². The number of hydrogen-bond acceptors (Lipinski definition) is 3. The van der Waals surface area contributed by atoms with Gasteiger partial charge in [-0.2, -0.15) is 0 Å². The highest BCUT2D eigenvalue weighted by Gasteiger charge is 2.23. The number of aliphatic hydroxyl groups is 1. The average Bonchev–Trinajstić information content (AvgIpc) is 2.59. The number of rotatable bonds is 9. The van der Waals surface area contributed by atoms with Crippen LogP contribution in [0.3, 0.4) is 0 Å². The van der Waals surface area contributed by atoms with Crippen LogP contribution in [-0.4, -0.2) is 60.3 Å². The number of piperidine rings is 1. The standard InChI is InChI=1S/C18H38N4O/c1-5-9-12-22-13-10-16(11-14-22)21-17(19-8-4)20-15-18(23,6-2)7-3/h16,23H,5-15H2,1-4H3,(H2,19,20,21). The molecule has 0 bridgehead atoms. The van der Waals surface area contributed by atoms with Gasteiger partial charge in [-0.15, -0.1) is 0 Å². The number of likely N-dealkylation sites (tertiary alicyclic amines) is 1. The minimum absolute atomic E-state index is 0.463. The lowest BCUT2D eigenvalue weighted by Crippen LogP contribution is -2.49. The number of nitrogens with zero attached hydrogens (tertiary/aromatic N) is 2. The van der Waals surface area contributed by atoms with E-state index in [-0.39, 0.29) is 0 Å². The molecule has 5 heteroatoms. The molecule has 136 valence electrons. The van der Waals surface area contributed by atoms with Gasteiger partial charge in [-0.1, -0.05) is 27.2 Å². The molecule has 5 nitrogen and oxygen atoms in total. The molecule has 0 spiro atoms. The highest BCUT2D eigenvalue weighted by molar-refractivity contribution is 5.80. The molecular formula is C18H38N4O. The van der Waals surface area contributed by atoms with Crippen LogP contribution in [-0.2, 0) is 0 Å². The Kier molecular flexibility index (Phi) is 9.56. The Morgan fingerprint density at radius 1 is 1.17 bits per heavy atom. The van der Waals surface area contributed by atoms with Crippen LogP contribution in [0.5, 0.6) is 0 Å². The van der Waals surface area contributed by atoms with Gasteiger partial charge in [0.25, 0.3) is 0 Å². The second kappa shape index (κ2) is 10.9. The van der Waals surface area contributed by atoms with Gasteiger partial charge in [0.15, 0.2) is 5.96 Å². The number of nitrogens with one attached hydrogen (secondary N) is 2. The van der Waals surface area contributed by atoms with Crippen LogP contribution in [0.2, 0.25) is 0 Å². The van der Waals surface area contributed by atoms with Gasteiger partial charge in [0.1, 0.15) is 0 Å². The molecule has 1 rings (SSSR count). The summed E-state index contributed by atoms with van der Waals surface area (Å²) in [6, 6.07) is 0.488. The molecule has 0 atom stereocenters. The fourth-order valence-electron chi connectivity index (χ4n) is 2.90. The third-order valence-electron chi connectivity index (χ3n) is 4.95. The van der Waals surface area contributed by atoms with E-state index in [2.05, 4.69) is 34.4 Å². The van der Waals surface area contributed by atoms with E-state index >= 15 is 0 Å². The van der Waals surface area contributed by atoms with Crippen LogP contribution in [0.15, 0.2) is 4.99 Å². The topological polar surface area (TPSA) is 59.9 Å². The van der Waals surface area contributed by atoms with E-state index in [1.54, 1.807) is 0 Å². The molecule has 1 aliphatic rings. The molecule has 0 aromatic carbocycles. The lowest BCUT2D eigenvalue weighted by atomic mass is 9.98. The normalized spacial score (nSPS) is 18.2. The maximum Gasteiger partial charge on any atom is 0.191 e. The fourth-order valence-corrected chi connectivity index (χ4v) is 2.90. The smallest absolute Gasteiger partial charge is 0.191 e. The second-order valence-corrected chi connectivity index (χ2v) is 6.74. The molecule has 0 radical (unpaired) electrons. The van der Waals surface area contributed by atoms with Crippen molar-refractivity contribution >= 4 is 5.96 Å². The van der Waals surface area contributed by atoms with Crippen molar-refractivity contribution < 1.29 is 5.11 Å².